The van der Waals surface area contributed by atoms with E-state index in [0.717, 1.165) is 28.9 Å². The van der Waals surface area contributed by atoms with Crippen LogP contribution in [0, 0.1) is 0 Å². The molecule has 0 atom stereocenters. The summed E-state index contributed by atoms with van der Waals surface area (Å²) in [6, 6.07) is 28.4. The van der Waals surface area contributed by atoms with Crippen LogP contribution in [0.3, 0.4) is 0 Å². The number of rotatable bonds is 6. The molecule has 4 heteroatoms. The van der Waals surface area contributed by atoms with Crippen LogP contribution < -0.4 is 4.80 Å². The minimum atomic E-state index is 0.696. The van der Waals surface area contributed by atoms with Crippen molar-refractivity contribution in [2.24, 2.45) is 4.99 Å². The van der Waals surface area contributed by atoms with Crippen LogP contribution in [0.4, 0.5) is 0 Å². The third-order valence-corrected chi connectivity index (χ3v) is 5.42. The minimum Gasteiger partial charge on any atom is -0.298 e. The van der Waals surface area contributed by atoms with Gasteiger partial charge in [0.05, 0.1) is 5.69 Å². The summed E-state index contributed by atoms with van der Waals surface area (Å²) in [4.78, 5) is 16.6. The summed E-state index contributed by atoms with van der Waals surface area (Å²) >= 11 is 1.66. The molecule has 0 fully saturated rings. The van der Waals surface area contributed by atoms with Crippen molar-refractivity contribution < 1.29 is 4.79 Å². The lowest BCUT2D eigenvalue weighted by atomic mass is 10.1. The fraction of sp³-hybridized carbons (Fsp3) is 0.0833. The number of carbonyl (C=O) groups excluding carboxylic acids is 1. The molecule has 0 N–H and O–H groups in total. The Morgan fingerprint density at radius 2 is 1.54 bits per heavy atom. The molecule has 4 rings (SSSR count). The number of thiazole rings is 1. The van der Waals surface area contributed by atoms with Crippen LogP contribution in [0.1, 0.15) is 15.9 Å². The number of para-hydroxylation sites is 1. The largest absolute Gasteiger partial charge is 0.298 e. The van der Waals surface area contributed by atoms with Gasteiger partial charge in [0.15, 0.2) is 4.80 Å². The molecule has 0 aliphatic carbocycles. The van der Waals surface area contributed by atoms with Gasteiger partial charge in [0.2, 0.25) is 0 Å². The second-order valence-electron chi connectivity index (χ2n) is 6.43. The van der Waals surface area contributed by atoms with Crippen LogP contribution in [-0.4, -0.2) is 17.4 Å². The van der Waals surface area contributed by atoms with Gasteiger partial charge in [-0.15, -0.1) is 11.3 Å². The summed E-state index contributed by atoms with van der Waals surface area (Å²) in [5.41, 5.74) is 5.31. The topological polar surface area (TPSA) is 34.4 Å². The van der Waals surface area contributed by atoms with E-state index >= 15 is 0 Å². The summed E-state index contributed by atoms with van der Waals surface area (Å²) in [5, 5.41) is 2.17. The zero-order valence-electron chi connectivity index (χ0n) is 15.4. The van der Waals surface area contributed by atoms with Gasteiger partial charge in [0, 0.05) is 23.2 Å². The number of hydrogen-bond acceptors (Lipinski definition) is 3. The number of carbonyl (C=O) groups is 1. The average Bonchev–Trinajstić information content (AvgIpc) is 3.19. The van der Waals surface area contributed by atoms with Gasteiger partial charge in [-0.25, -0.2) is 0 Å². The van der Waals surface area contributed by atoms with E-state index in [2.05, 4.69) is 46.3 Å². The molecule has 0 spiro atoms. The number of benzene rings is 3. The van der Waals surface area contributed by atoms with E-state index in [1.807, 2.05) is 48.5 Å². The van der Waals surface area contributed by atoms with Crippen molar-refractivity contribution in [3.63, 3.8) is 0 Å². The Balaban J connectivity index is 1.67. The van der Waals surface area contributed by atoms with Crippen molar-refractivity contribution in [3.8, 4) is 16.9 Å². The molecule has 0 radical (unpaired) electrons. The summed E-state index contributed by atoms with van der Waals surface area (Å²) in [5.74, 6) is 0. The third kappa shape index (κ3) is 4.02. The molecule has 0 unspecified atom stereocenters. The highest BCUT2D eigenvalue weighted by atomic mass is 32.1. The molecule has 3 nitrogen and oxygen atoms in total. The van der Waals surface area contributed by atoms with Gasteiger partial charge in [-0.05, 0) is 29.7 Å². The Morgan fingerprint density at radius 3 is 2.21 bits per heavy atom. The molecule has 138 valence electrons. The predicted molar refractivity (Wildman–Crippen MR) is 115 cm³/mol. The van der Waals surface area contributed by atoms with E-state index in [0.29, 0.717) is 12.1 Å². The number of hydrogen-bond donors (Lipinski definition) is 0. The van der Waals surface area contributed by atoms with Crippen LogP contribution in [0.25, 0.3) is 16.9 Å². The van der Waals surface area contributed by atoms with Gasteiger partial charge in [-0.3, -0.25) is 14.4 Å². The van der Waals surface area contributed by atoms with Crippen molar-refractivity contribution in [3.05, 3.63) is 106 Å². The standard InChI is InChI=1S/C24H20N2OS/c27-17-20-13-11-19(12-14-20)15-16-25-24-26(22-9-5-2-6-10-22)23(18-28-24)21-7-3-1-4-8-21/h1-14,17-18H,15-16H2/b25-24-. The smallest absolute Gasteiger partial charge is 0.189 e. The molecular formula is C24H20N2OS. The van der Waals surface area contributed by atoms with Crippen molar-refractivity contribution in [1.82, 2.24) is 4.57 Å². The summed E-state index contributed by atoms with van der Waals surface area (Å²) < 4.78 is 2.22. The summed E-state index contributed by atoms with van der Waals surface area (Å²) in [7, 11) is 0. The van der Waals surface area contributed by atoms with Crippen molar-refractivity contribution in [2.75, 3.05) is 6.54 Å². The van der Waals surface area contributed by atoms with Gasteiger partial charge >= 0.3 is 0 Å². The fourth-order valence-corrected chi connectivity index (χ4v) is 4.03. The summed E-state index contributed by atoms with van der Waals surface area (Å²) in [6.07, 6.45) is 1.71. The quantitative estimate of drug-likeness (QED) is 0.423. The Hall–Kier alpha value is -3.24. The maximum absolute atomic E-state index is 10.8. The van der Waals surface area contributed by atoms with E-state index < -0.39 is 0 Å². The second kappa shape index (κ2) is 8.63. The highest BCUT2D eigenvalue weighted by Crippen LogP contribution is 2.23. The maximum Gasteiger partial charge on any atom is 0.189 e. The van der Waals surface area contributed by atoms with Crippen molar-refractivity contribution in [2.45, 2.75) is 6.42 Å². The van der Waals surface area contributed by atoms with Crippen molar-refractivity contribution in [1.29, 1.82) is 0 Å². The van der Waals surface area contributed by atoms with Gasteiger partial charge in [0.25, 0.3) is 0 Å². The molecular weight excluding hydrogens is 364 g/mol. The summed E-state index contributed by atoms with van der Waals surface area (Å²) in [6.45, 7) is 0.696. The molecule has 0 saturated carbocycles. The van der Waals surface area contributed by atoms with Gasteiger partial charge in [-0.2, -0.15) is 0 Å². The van der Waals surface area contributed by atoms with Crippen LogP contribution in [0.2, 0.25) is 0 Å². The highest BCUT2D eigenvalue weighted by Gasteiger charge is 2.09. The molecule has 0 amide bonds. The van der Waals surface area contributed by atoms with E-state index in [1.165, 1.54) is 11.1 Å². The third-order valence-electron chi connectivity index (χ3n) is 4.56. The van der Waals surface area contributed by atoms with Crippen molar-refractivity contribution >= 4 is 17.6 Å². The predicted octanol–water partition coefficient (Wildman–Crippen LogP) is 5.16. The maximum atomic E-state index is 10.8. The van der Waals surface area contributed by atoms with Crippen LogP contribution in [-0.2, 0) is 6.42 Å². The van der Waals surface area contributed by atoms with E-state index in [4.69, 9.17) is 4.99 Å². The Bertz CT molecular complexity index is 1110. The van der Waals surface area contributed by atoms with Gasteiger partial charge in [-0.1, -0.05) is 72.8 Å². The molecule has 0 aliphatic rings. The zero-order chi connectivity index (χ0) is 19.2. The van der Waals surface area contributed by atoms with E-state index in [9.17, 15) is 4.79 Å². The first kappa shape index (κ1) is 18.1. The first-order valence-corrected chi connectivity index (χ1v) is 10.1. The first-order valence-electron chi connectivity index (χ1n) is 9.21. The van der Waals surface area contributed by atoms with E-state index in [1.54, 1.807) is 11.3 Å². The molecule has 1 heterocycles. The van der Waals surface area contributed by atoms with Crippen LogP contribution in [0.5, 0.6) is 0 Å². The van der Waals surface area contributed by atoms with Crippen LogP contribution in [0.15, 0.2) is 95.3 Å². The lowest BCUT2D eigenvalue weighted by Crippen LogP contribution is -2.15. The lowest BCUT2D eigenvalue weighted by molar-refractivity contribution is 0.112. The Kier molecular flexibility index (Phi) is 5.59. The van der Waals surface area contributed by atoms with Gasteiger partial charge in [0.1, 0.15) is 6.29 Å². The lowest BCUT2D eigenvalue weighted by Gasteiger charge is -2.09. The highest BCUT2D eigenvalue weighted by molar-refractivity contribution is 7.07. The Labute approximate surface area is 168 Å². The monoisotopic (exact) mass is 384 g/mol. The molecule has 1 aromatic heterocycles. The first-order chi connectivity index (χ1) is 13.8. The van der Waals surface area contributed by atoms with E-state index in [-0.39, 0.29) is 0 Å². The number of aldehydes is 1. The van der Waals surface area contributed by atoms with Crippen LogP contribution >= 0.6 is 11.3 Å². The Morgan fingerprint density at radius 1 is 0.857 bits per heavy atom. The second-order valence-corrected chi connectivity index (χ2v) is 7.27. The average molecular weight is 385 g/mol. The number of nitrogens with zero attached hydrogens (tertiary/aromatic N) is 2. The van der Waals surface area contributed by atoms with Gasteiger partial charge < -0.3 is 0 Å². The minimum absolute atomic E-state index is 0.696. The molecule has 0 bridgehead atoms. The molecule has 4 aromatic rings. The molecule has 28 heavy (non-hydrogen) atoms. The molecule has 0 aliphatic heterocycles. The molecule has 3 aromatic carbocycles. The normalized spacial score (nSPS) is 11.5. The number of aromatic nitrogens is 1. The fourth-order valence-electron chi connectivity index (χ4n) is 3.10. The zero-order valence-corrected chi connectivity index (χ0v) is 16.2. The SMILES string of the molecule is O=Cc1ccc(CC/N=c2\scc(-c3ccccc3)n2-c2ccccc2)cc1. The molecule has 0 saturated heterocycles.